The first-order chi connectivity index (χ1) is 18.6. The van der Waals surface area contributed by atoms with E-state index in [0.29, 0.717) is 21.9 Å². The second-order valence-corrected chi connectivity index (χ2v) is 8.58. The summed E-state index contributed by atoms with van der Waals surface area (Å²) >= 11 is 0. The van der Waals surface area contributed by atoms with Crippen LogP contribution >= 0.6 is 0 Å². The van der Waals surface area contributed by atoms with Gasteiger partial charge in [0, 0.05) is 0 Å². The van der Waals surface area contributed by atoms with E-state index in [4.69, 9.17) is 21.6 Å². The van der Waals surface area contributed by atoms with Crippen molar-refractivity contribution < 1.29 is 21.6 Å². The molecule has 0 aromatic heterocycles. The topological polar surface area (TPSA) is 18.5 Å². The van der Waals surface area contributed by atoms with Crippen LogP contribution in [-0.4, -0.2) is 18.3 Å². The van der Waals surface area contributed by atoms with Crippen LogP contribution in [0.1, 0.15) is 40.0 Å². The van der Waals surface area contributed by atoms with Crippen molar-refractivity contribution >= 4 is 23.4 Å². The maximum Gasteiger partial charge on any atom is 0.494 e. The third-order valence-corrected chi connectivity index (χ3v) is 6.10. The van der Waals surface area contributed by atoms with Crippen molar-refractivity contribution in [3.8, 4) is 22.3 Å². The van der Waals surface area contributed by atoms with Gasteiger partial charge in [-0.15, -0.1) is 0 Å². The minimum absolute atomic E-state index is 0.0477. The predicted octanol–water partition coefficient (Wildman–Crippen LogP) is 6.47. The lowest BCUT2D eigenvalue weighted by Crippen LogP contribution is -2.41. The summed E-state index contributed by atoms with van der Waals surface area (Å²) in [5, 5.41) is 1.11. The van der Waals surface area contributed by atoms with Crippen molar-refractivity contribution in [1.82, 2.24) is 0 Å². The molecule has 1 fully saturated rings. The van der Waals surface area contributed by atoms with E-state index in [0.717, 1.165) is 0 Å². The molecule has 1 aliphatic heterocycles. The Morgan fingerprint density at radius 3 is 1.84 bits per heavy atom. The fourth-order valence-corrected chi connectivity index (χ4v) is 3.69. The molecule has 5 rings (SSSR count). The summed E-state index contributed by atoms with van der Waals surface area (Å²) in [7, 11) is -1.08. The zero-order chi connectivity index (χ0) is 29.5. The Balaban J connectivity index is 1.80. The Kier molecular flexibility index (Phi) is 2.91. The molecule has 0 radical (unpaired) electrons. The molecule has 0 N–H and O–H groups in total. The molecule has 0 bridgehead atoms. The Labute approximate surface area is 197 Å². The van der Waals surface area contributed by atoms with E-state index in [1.165, 1.54) is 0 Å². The number of hydrogen-bond donors (Lipinski definition) is 0. The largest absolute Gasteiger partial charge is 0.494 e. The van der Waals surface area contributed by atoms with Gasteiger partial charge in [0.05, 0.1) is 23.5 Å². The summed E-state index contributed by atoms with van der Waals surface area (Å²) in [4.78, 5) is 0. The molecular weight excluding hydrogens is 379 g/mol. The van der Waals surface area contributed by atoms with Crippen LogP contribution in [0.5, 0.6) is 0 Å². The van der Waals surface area contributed by atoms with Gasteiger partial charge in [-0.05, 0) is 66.2 Å². The van der Waals surface area contributed by atoms with Crippen LogP contribution < -0.4 is 5.46 Å². The molecule has 154 valence electrons. The molecule has 1 saturated heterocycles. The predicted molar refractivity (Wildman–Crippen MR) is 131 cm³/mol. The van der Waals surface area contributed by atoms with Gasteiger partial charge in [-0.1, -0.05) is 90.8 Å². The lowest BCUT2D eigenvalue weighted by Gasteiger charge is -2.32. The normalized spacial score (nSPS) is 21.3. The average molecular weight is 415 g/mol. The van der Waals surface area contributed by atoms with Gasteiger partial charge < -0.3 is 9.31 Å². The maximum atomic E-state index is 9.11. The van der Waals surface area contributed by atoms with E-state index in [-0.39, 0.29) is 52.8 Å². The average Bonchev–Trinajstić information content (AvgIpc) is 3.12. The summed E-state index contributed by atoms with van der Waals surface area (Å²) in [5.41, 5.74) is -0.403. The van der Waals surface area contributed by atoms with E-state index in [9.17, 15) is 0 Å². The van der Waals surface area contributed by atoms with Crippen LogP contribution in [0, 0.1) is 0 Å². The van der Waals surface area contributed by atoms with Crippen molar-refractivity contribution in [2.24, 2.45) is 0 Å². The Morgan fingerprint density at radius 2 is 1.23 bits per heavy atom. The number of rotatable bonds is 3. The number of benzene rings is 4. The second kappa shape index (κ2) is 7.37. The van der Waals surface area contributed by atoms with Crippen molar-refractivity contribution in [2.75, 3.05) is 0 Å². The first-order valence-corrected chi connectivity index (χ1v) is 10.2. The SMILES string of the molecule is [2H]c1c([2H])c([2H])c(-c2ccc(-c3c([2H])c([2H])c([2H])c(B4OC(C)(C)C(C)(C)O4)c3[2H])c3ccccc23)c([2H])c1[2H]. The molecule has 0 aliphatic carbocycles. The van der Waals surface area contributed by atoms with Crippen LogP contribution in [0.3, 0.4) is 0 Å². The van der Waals surface area contributed by atoms with Crippen LogP contribution in [0.15, 0.2) is 90.8 Å². The molecule has 0 spiro atoms. The zero-order valence-corrected chi connectivity index (χ0v) is 17.9. The molecule has 1 heterocycles. The minimum atomic E-state index is -1.08. The van der Waals surface area contributed by atoms with Gasteiger partial charge >= 0.3 is 7.12 Å². The molecule has 0 saturated carbocycles. The fourth-order valence-electron chi connectivity index (χ4n) is 3.69. The van der Waals surface area contributed by atoms with Crippen molar-refractivity contribution in [3.05, 3.63) is 90.8 Å². The fraction of sp³-hybridized carbons (Fsp3) is 0.214. The van der Waals surface area contributed by atoms with Crippen LogP contribution in [0.4, 0.5) is 0 Å². The van der Waals surface area contributed by atoms with Crippen molar-refractivity contribution in [2.45, 2.75) is 38.9 Å². The summed E-state index contributed by atoms with van der Waals surface area (Å²) in [6.45, 7) is 7.42. The molecule has 31 heavy (non-hydrogen) atoms. The lowest BCUT2D eigenvalue weighted by atomic mass is 9.77. The number of fused-ring (bicyclic) bond motifs is 1. The highest BCUT2D eigenvalue weighted by atomic mass is 16.7. The van der Waals surface area contributed by atoms with Gasteiger partial charge in [-0.25, -0.2) is 0 Å². The first kappa shape index (κ1) is 12.2. The molecule has 2 nitrogen and oxygen atoms in total. The molecule has 3 heteroatoms. The highest BCUT2D eigenvalue weighted by Crippen LogP contribution is 2.38. The second-order valence-electron chi connectivity index (χ2n) is 8.58. The van der Waals surface area contributed by atoms with E-state index < -0.39 is 36.4 Å². The van der Waals surface area contributed by atoms with Crippen LogP contribution in [0.2, 0.25) is 0 Å². The summed E-state index contributed by atoms with van der Waals surface area (Å²) < 4.78 is 88.4. The Hall–Kier alpha value is -2.88. The molecule has 4 aromatic carbocycles. The molecular formula is C28H27BO2. The standard InChI is InChI=1S/C28H27BO2/c1-27(2)28(3,4)31-29(30-27)22-14-10-13-21(19-22)24-18-17-23(20-11-6-5-7-12-20)25-15-8-9-16-26(24)25/h5-19H,1-4H3/i5D,6D,7D,10D,11D,12D,13D,14D,19D. The molecule has 1 aliphatic rings. The third kappa shape index (κ3) is 3.48. The third-order valence-electron chi connectivity index (χ3n) is 6.10. The quantitative estimate of drug-likeness (QED) is 0.357. The first-order valence-electron chi connectivity index (χ1n) is 14.7. The van der Waals surface area contributed by atoms with Crippen molar-refractivity contribution in [3.63, 3.8) is 0 Å². The summed E-state index contributed by atoms with van der Waals surface area (Å²) in [5.74, 6) is 0. The van der Waals surface area contributed by atoms with Gasteiger partial charge in [0.15, 0.2) is 0 Å². The van der Waals surface area contributed by atoms with E-state index in [1.807, 2.05) is 27.7 Å². The Bertz CT molecular complexity index is 1670. The number of hydrogen-bond acceptors (Lipinski definition) is 2. The van der Waals surface area contributed by atoms with Gasteiger partial charge in [0.2, 0.25) is 0 Å². The highest BCUT2D eigenvalue weighted by molar-refractivity contribution is 6.62. The van der Waals surface area contributed by atoms with E-state index in [1.54, 1.807) is 36.4 Å². The highest BCUT2D eigenvalue weighted by Gasteiger charge is 2.51. The molecule has 4 aromatic rings. The monoisotopic (exact) mass is 415 g/mol. The van der Waals surface area contributed by atoms with Gasteiger partial charge in [-0.3, -0.25) is 0 Å². The minimum Gasteiger partial charge on any atom is -0.399 e. The Morgan fingerprint density at radius 1 is 0.677 bits per heavy atom. The molecule has 0 amide bonds. The van der Waals surface area contributed by atoms with Crippen LogP contribution in [0.25, 0.3) is 33.0 Å². The molecule has 0 unspecified atom stereocenters. The van der Waals surface area contributed by atoms with Gasteiger partial charge in [0.25, 0.3) is 0 Å². The van der Waals surface area contributed by atoms with E-state index in [2.05, 4.69) is 0 Å². The van der Waals surface area contributed by atoms with Gasteiger partial charge in [-0.2, -0.15) is 0 Å². The maximum absolute atomic E-state index is 9.11. The smallest absolute Gasteiger partial charge is 0.399 e. The summed E-state index contributed by atoms with van der Waals surface area (Å²) in [6.07, 6.45) is 0. The van der Waals surface area contributed by atoms with E-state index >= 15 is 0 Å². The molecule has 0 atom stereocenters. The zero-order valence-electron chi connectivity index (χ0n) is 26.9. The van der Waals surface area contributed by atoms with Crippen LogP contribution in [-0.2, 0) is 9.31 Å². The summed E-state index contributed by atoms with van der Waals surface area (Å²) in [6, 6.07) is 7.10. The van der Waals surface area contributed by atoms with Crippen molar-refractivity contribution in [1.29, 1.82) is 0 Å². The van der Waals surface area contributed by atoms with Gasteiger partial charge in [0.1, 0.15) is 0 Å². The lowest BCUT2D eigenvalue weighted by molar-refractivity contribution is 0.00578.